The van der Waals surface area contributed by atoms with Gasteiger partial charge in [-0.2, -0.15) is 0 Å². The molecule has 0 atom stereocenters. The topological polar surface area (TPSA) is 41.6 Å². The Kier molecular flexibility index (Phi) is 20.2. The second-order valence-corrected chi connectivity index (χ2v) is 10.4. The number of ether oxygens (including phenoxy) is 1. The van der Waals surface area contributed by atoms with E-state index in [4.69, 9.17) is 4.74 Å². The highest BCUT2D eigenvalue weighted by atomic mass is 16.5. The van der Waals surface area contributed by atoms with Crippen molar-refractivity contribution >= 4 is 17.3 Å². The summed E-state index contributed by atoms with van der Waals surface area (Å²) >= 11 is 0. The average molecular weight is 503 g/mol. The smallest absolute Gasteiger partial charge is 0.224 e. The molecule has 0 fully saturated rings. The Morgan fingerprint density at radius 3 is 1.72 bits per heavy atom. The van der Waals surface area contributed by atoms with E-state index in [1.165, 1.54) is 96.3 Å². The monoisotopic (exact) mass is 502 g/mol. The van der Waals surface area contributed by atoms with Gasteiger partial charge in [0.1, 0.15) is 5.75 Å². The Bertz CT molecular complexity index is 646. The molecule has 1 aromatic rings. The summed E-state index contributed by atoms with van der Waals surface area (Å²) < 4.78 is 6.04. The molecule has 0 unspecified atom stereocenters. The first-order valence-corrected chi connectivity index (χ1v) is 15.5. The van der Waals surface area contributed by atoms with Crippen LogP contribution >= 0.6 is 0 Å². The number of carbonyl (C=O) groups is 1. The van der Waals surface area contributed by atoms with Crippen LogP contribution < -0.4 is 15.0 Å². The van der Waals surface area contributed by atoms with Gasteiger partial charge in [0.15, 0.2) is 0 Å². The third-order valence-electron chi connectivity index (χ3n) is 6.95. The summed E-state index contributed by atoms with van der Waals surface area (Å²) in [6, 6.07) is 6.19. The van der Waals surface area contributed by atoms with E-state index in [0.29, 0.717) is 13.0 Å². The molecular formula is C32H58N2O2. The molecule has 0 radical (unpaired) electrons. The number of amides is 1. The molecule has 0 saturated carbocycles. The molecule has 1 amide bonds. The normalized spacial score (nSPS) is 11.0. The molecule has 0 aliphatic rings. The van der Waals surface area contributed by atoms with Gasteiger partial charge in [-0.05, 0) is 44.4 Å². The van der Waals surface area contributed by atoms with Crippen molar-refractivity contribution in [2.45, 2.75) is 143 Å². The van der Waals surface area contributed by atoms with Gasteiger partial charge in [0, 0.05) is 25.2 Å². The molecule has 0 saturated heterocycles. The van der Waals surface area contributed by atoms with E-state index >= 15 is 0 Å². The van der Waals surface area contributed by atoms with Crippen LogP contribution in [0.25, 0.3) is 0 Å². The van der Waals surface area contributed by atoms with Crippen molar-refractivity contribution in [2.24, 2.45) is 0 Å². The molecule has 4 heteroatoms. The van der Waals surface area contributed by atoms with Gasteiger partial charge in [-0.25, -0.2) is 0 Å². The predicted molar refractivity (Wildman–Crippen MR) is 159 cm³/mol. The maximum Gasteiger partial charge on any atom is 0.224 e. The highest BCUT2D eigenvalue weighted by Gasteiger charge is 2.14. The fraction of sp³-hybridized carbons (Fsp3) is 0.781. The number of hydrogen-bond donors (Lipinski definition) is 1. The van der Waals surface area contributed by atoms with E-state index in [9.17, 15) is 4.79 Å². The number of anilines is 2. The van der Waals surface area contributed by atoms with E-state index in [2.05, 4.69) is 37.1 Å². The summed E-state index contributed by atoms with van der Waals surface area (Å²) in [7, 11) is 0. The first-order chi connectivity index (χ1) is 17.7. The lowest BCUT2D eigenvalue weighted by atomic mass is 10.1. The Morgan fingerprint density at radius 2 is 1.19 bits per heavy atom. The lowest BCUT2D eigenvalue weighted by Crippen LogP contribution is -2.26. The maximum absolute atomic E-state index is 12.6. The van der Waals surface area contributed by atoms with Gasteiger partial charge in [0.2, 0.25) is 5.91 Å². The van der Waals surface area contributed by atoms with E-state index in [1.807, 2.05) is 19.1 Å². The minimum absolute atomic E-state index is 0.125. The second kappa shape index (κ2) is 22.5. The summed E-state index contributed by atoms with van der Waals surface area (Å²) in [5.41, 5.74) is 2.03. The van der Waals surface area contributed by atoms with Gasteiger partial charge in [-0.15, -0.1) is 0 Å². The quantitative estimate of drug-likeness (QED) is 0.143. The molecule has 1 N–H and O–H groups in total. The lowest BCUT2D eigenvalue weighted by molar-refractivity contribution is -0.116. The van der Waals surface area contributed by atoms with Crippen LogP contribution in [0.5, 0.6) is 5.75 Å². The van der Waals surface area contributed by atoms with Crippen LogP contribution in [-0.2, 0) is 4.79 Å². The fourth-order valence-electron chi connectivity index (χ4n) is 4.75. The standard InChI is InChI=1S/C32H58N2O2/c1-5-9-12-15-18-21-26-34(27-22-19-16-13-10-6-2)30-28-29(24-25-31(30)36-8-4)33-32(35)23-20-17-14-11-7-3/h24-25,28H,5-23,26-27H2,1-4H3,(H,33,35). The molecule has 0 aromatic heterocycles. The number of rotatable bonds is 24. The van der Waals surface area contributed by atoms with Crippen molar-refractivity contribution in [1.29, 1.82) is 0 Å². The molecule has 0 heterocycles. The van der Waals surface area contributed by atoms with E-state index in [0.717, 1.165) is 43.1 Å². The molecule has 1 rings (SSSR count). The van der Waals surface area contributed by atoms with Gasteiger partial charge < -0.3 is 15.0 Å². The maximum atomic E-state index is 12.6. The van der Waals surface area contributed by atoms with Gasteiger partial charge in [0.05, 0.1) is 12.3 Å². The summed E-state index contributed by atoms with van der Waals surface area (Å²) in [4.78, 5) is 15.1. The fourth-order valence-corrected chi connectivity index (χ4v) is 4.75. The molecule has 0 bridgehead atoms. The van der Waals surface area contributed by atoms with Crippen molar-refractivity contribution < 1.29 is 9.53 Å². The number of carbonyl (C=O) groups excluding carboxylic acids is 1. The first-order valence-electron chi connectivity index (χ1n) is 15.5. The summed E-state index contributed by atoms with van der Waals surface area (Å²) in [6.07, 6.45) is 22.0. The number of nitrogens with zero attached hydrogens (tertiary/aromatic N) is 1. The molecule has 1 aromatic carbocycles. The Balaban J connectivity index is 2.82. The number of nitrogens with one attached hydrogen (secondary N) is 1. The number of unbranched alkanes of at least 4 members (excludes halogenated alkanes) is 14. The molecule has 0 aliphatic heterocycles. The van der Waals surface area contributed by atoms with Crippen LogP contribution in [0.3, 0.4) is 0 Å². The van der Waals surface area contributed by atoms with Crippen molar-refractivity contribution in [1.82, 2.24) is 0 Å². The Hall–Kier alpha value is -1.71. The summed E-state index contributed by atoms with van der Waals surface area (Å²) in [5.74, 6) is 1.06. The van der Waals surface area contributed by atoms with Crippen molar-refractivity contribution in [3.05, 3.63) is 18.2 Å². The molecule has 36 heavy (non-hydrogen) atoms. The van der Waals surface area contributed by atoms with Crippen LogP contribution in [-0.4, -0.2) is 25.6 Å². The summed E-state index contributed by atoms with van der Waals surface area (Å²) in [5, 5.41) is 3.16. The van der Waals surface area contributed by atoms with E-state index < -0.39 is 0 Å². The molecular weight excluding hydrogens is 444 g/mol. The van der Waals surface area contributed by atoms with Gasteiger partial charge in [-0.3, -0.25) is 4.79 Å². The molecule has 4 nitrogen and oxygen atoms in total. The Labute approximate surface area is 224 Å². The van der Waals surface area contributed by atoms with Crippen LogP contribution in [0.15, 0.2) is 18.2 Å². The zero-order chi connectivity index (χ0) is 26.3. The SMILES string of the molecule is CCCCCCCCN(CCCCCCCC)c1cc(NC(=O)CCCCCCC)ccc1OCC. The molecule has 0 spiro atoms. The van der Waals surface area contributed by atoms with E-state index in [-0.39, 0.29) is 5.91 Å². The third kappa shape index (κ3) is 15.4. The molecule has 0 aliphatic carbocycles. The largest absolute Gasteiger partial charge is 0.492 e. The lowest BCUT2D eigenvalue weighted by Gasteiger charge is -2.28. The van der Waals surface area contributed by atoms with Crippen LogP contribution in [0.4, 0.5) is 11.4 Å². The van der Waals surface area contributed by atoms with Crippen LogP contribution in [0.1, 0.15) is 143 Å². The number of benzene rings is 1. The van der Waals surface area contributed by atoms with E-state index in [1.54, 1.807) is 0 Å². The zero-order valence-corrected chi connectivity index (χ0v) is 24.3. The van der Waals surface area contributed by atoms with Crippen molar-refractivity contribution in [3.63, 3.8) is 0 Å². The minimum Gasteiger partial charge on any atom is -0.492 e. The highest BCUT2D eigenvalue weighted by molar-refractivity contribution is 5.91. The van der Waals surface area contributed by atoms with Gasteiger partial charge >= 0.3 is 0 Å². The number of hydrogen-bond acceptors (Lipinski definition) is 3. The van der Waals surface area contributed by atoms with Gasteiger partial charge in [0.25, 0.3) is 0 Å². The van der Waals surface area contributed by atoms with Crippen LogP contribution in [0.2, 0.25) is 0 Å². The molecule has 208 valence electrons. The minimum atomic E-state index is 0.125. The highest BCUT2D eigenvalue weighted by Crippen LogP contribution is 2.33. The van der Waals surface area contributed by atoms with Crippen molar-refractivity contribution in [2.75, 3.05) is 29.9 Å². The Morgan fingerprint density at radius 1 is 0.694 bits per heavy atom. The zero-order valence-electron chi connectivity index (χ0n) is 24.3. The first kappa shape index (κ1) is 32.3. The average Bonchev–Trinajstić information content (AvgIpc) is 2.88. The second-order valence-electron chi connectivity index (χ2n) is 10.4. The van der Waals surface area contributed by atoms with Crippen molar-refractivity contribution in [3.8, 4) is 5.75 Å². The van der Waals surface area contributed by atoms with Gasteiger partial charge in [-0.1, -0.05) is 111 Å². The predicted octanol–water partition coefficient (Wildman–Crippen LogP) is 9.91. The summed E-state index contributed by atoms with van der Waals surface area (Å²) in [6.45, 7) is 11.6. The third-order valence-corrected chi connectivity index (χ3v) is 6.95. The van der Waals surface area contributed by atoms with Crippen LogP contribution in [0, 0.1) is 0 Å².